The molecule has 1 aromatic rings. The smallest absolute Gasteiger partial charge is 0.306 e. The molecular formula is C15H17BrFNO3. The van der Waals surface area contributed by atoms with E-state index in [1.807, 2.05) is 0 Å². The average Bonchev–Trinajstić information content (AvgIpc) is 2.48. The van der Waals surface area contributed by atoms with Crippen LogP contribution in [0.25, 0.3) is 0 Å². The molecule has 1 fully saturated rings. The highest BCUT2D eigenvalue weighted by Crippen LogP contribution is 2.28. The minimum absolute atomic E-state index is 0.252. The molecule has 0 saturated heterocycles. The first-order valence-electron chi connectivity index (χ1n) is 6.93. The number of aliphatic carboxylic acids is 1. The molecule has 0 aromatic heterocycles. The molecule has 4 nitrogen and oxygen atoms in total. The van der Waals surface area contributed by atoms with Crippen molar-refractivity contribution < 1.29 is 19.1 Å². The third kappa shape index (κ3) is 4.27. The van der Waals surface area contributed by atoms with Crippen molar-refractivity contribution in [3.8, 4) is 0 Å². The van der Waals surface area contributed by atoms with Gasteiger partial charge in [-0.2, -0.15) is 0 Å². The number of carbonyl (C=O) groups is 2. The van der Waals surface area contributed by atoms with Crippen LogP contribution < -0.4 is 5.32 Å². The lowest BCUT2D eigenvalue weighted by atomic mass is 9.82. The van der Waals surface area contributed by atoms with Crippen LogP contribution in [0.5, 0.6) is 0 Å². The van der Waals surface area contributed by atoms with E-state index in [1.54, 1.807) is 6.07 Å². The van der Waals surface area contributed by atoms with Gasteiger partial charge in [-0.05, 0) is 65.7 Å². The topological polar surface area (TPSA) is 66.4 Å². The zero-order chi connectivity index (χ0) is 15.4. The Hall–Kier alpha value is -1.43. The van der Waals surface area contributed by atoms with Crippen LogP contribution in [0.4, 0.5) is 4.39 Å². The van der Waals surface area contributed by atoms with E-state index in [0.29, 0.717) is 29.8 Å². The summed E-state index contributed by atoms with van der Waals surface area (Å²) in [6.45, 7) is 0.503. The molecule has 0 atom stereocenters. The highest BCUT2D eigenvalue weighted by Gasteiger charge is 2.26. The fourth-order valence-corrected chi connectivity index (χ4v) is 2.84. The van der Waals surface area contributed by atoms with Gasteiger partial charge < -0.3 is 10.4 Å². The Balaban J connectivity index is 1.82. The molecule has 0 radical (unpaired) electrons. The van der Waals surface area contributed by atoms with Gasteiger partial charge in [0.15, 0.2) is 0 Å². The van der Waals surface area contributed by atoms with Gasteiger partial charge >= 0.3 is 5.97 Å². The summed E-state index contributed by atoms with van der Waals surface area (Å²) in [7, 11) is 0. The fourth-order valence-electron chi connectivity index (χ4n) is 2.59. The van der Waals surface area contributed by atoms with E-state index in [2.05, 4.69) is 21.2 Å². The Kier molecular flexibility index (Phi) is 5.33. The molecule has 21 heavy (non-hydrogen) atoms. The van der Waals surface area contributed by atoms with E-state index in [9.17, 15) is 14.0 Å². The third-order valence-electron chi connectivity index (χ3n) is 3.93. The van der Waals surface area contributed by atoms with Crippen LogP contribution in [-0.2, 0) is 4.79 Å². The first-order valence-corrected chi connectivity index (χ1v) is 7.72. The Morgan fingerprint density at radius 2 is 1.95 bits per heavy atom. The molecule has 1 saturated carbocycles. The maximum absolute atomic E-state index is 13.4. The summed E-state index contributed by atoms with van der Waals surface area (Å²) in [5, 5.41) is 11.7. The average molecular weight is 358 g/mol. The van der Waals surface area contributed by atoms with Crippen molar-refractivity contribution in [1.82, 2.24) is 5.32 Å². The van der Waals surface area contributed by atoms with Gasteiger partial charge in [0.2, 0.25) is 0 Å². The Labute approximate surface area is 130 Å². The Morgan fingerprint density at radius 3 is 2.52 bits per heavy atom. The largest absolute Gasteiger partial charge is 0.481 e. The van der Waals surface area contributed by atoms with E-state index in [4.69, 9.17) is 5.11 Å². The van der Waals surface area contributed by atoms with E-state index in [1.165, 1.54) is 12.1 Å². The van der Waals surface area contributed by atoms with Crippen molar-refractivity contribution in [2.75, 3.05) is 6.54 Å². The lowest BCUT2D eigenvalue weighted by molar-refractivity contribution is -0.143. The predicted octanol–water partition coefficient (Wildman–Crippen LogP) is 3.21. The Bertz CT molecular complexity index is 542. The first kappa shape index (κ1) is 15.9. The van der Waals surface area contributed by atoms with Crippen LogP contribution >= 0.6 is 15.9 Å². The standard InChI is InChI=1S/C15H17BrFNO3/c16-12-6-5-11(7-13(12)17)14(19)18-8-9-1-3-10(4-2-9)15(20)21/h5-7,9-10H,1-4,8H2,(H,18,19)(H,20,21). The summed E-state index contributed by atoms with van der Waals surface area (Å²) in [6.07, 6.45) is 2.91. The number of hydrogen-bond donors (Lipinski definition) is 2. The molecule has 114 valence electrons. The maximum atomic E-state index is 13.4. The maximum Gasteiger partial charge on any atom is 0.306 e. The minimum atomic E-state index is -0.733. The molecule has 0 aliphatic heterocycles. The van der Waals surface area contributed by atoms with Crippen molar-refractivity contribution in [2.45, 2.75) is 25.7 Å². The van der Waals surface area contributed by atoms with Crippen LogP contribution in [-0.4, -0.2) is 23.5 Å². The van der Waals surface area contributed by atoms with Crippen molar-refractivity contribution in [1.29, 1.82) is 0 Å². The number of carboxylic acids is 1. The normalized spacial score (nSPS) is 21.8. The van der Waals surface area contributed by atoms with Crippen molar-refractivity contribution in [3.63, 3.8) is 0 Å². The van der Waals surface area contributed by atoms with Gasteiger partial charge in [0.25, 0.3) is 5.91 Å². The molecule has 0 heterocycles. The zero-order valence-corrected chi connectivity index (χ0v) is 13.0. The van der Waals surface area contributed by atoms with E-state index >= 15 is 0 Å². The van der Waals surface area contributed by atoms with Crippen molar-refractivity contribution >= 4 is 27.8 Å². The summed E-state index contributed by atoms with van der Waals surface area (Å²) in [5.41, 5.74) is 0.287. The van der Waals surface area contributed by atoms with Gasteiger partial charge in [0, 0.05) is 12.1 Å². The monoisotopic (exact) mass is 357 g/mol. The molecule has 2 N–H and O–H groups in total. The molecule has 0 unspecified atom stereocenters. The van der Waals surface area contributed by atoms with Crippen molar-refractivity contribution in [2.24, 2.45) is 11.8 Å². The van der Waals surface area contributed by atoms with E-state index < -0.39 is 11.8 Å². The predicted molar refractivity (Wildman–Crippen MR) is 79.5 cm³/mol. The number of carbonyl (C=O) groups excluding carboxylic acids is 1. The first-order chi connectivity index (χ1) is 9.97. The van der Waals surface area contributed by atoms with Crippen LogP contribution in [0.1, 0.15) is 36.0 Å². The molecule has 2 rings (SSSR count). The van der Waals surface area contributed by atoms with E-state index in [0.717, 1.165) is 12.8 Å². The number of rotatable bonds is 4. The number of nitrogens with one attached hydrogen (secondary N) is 1. The summed E-state index contributed by atoms with van der Waals surface area (Å²) < 4.78 is 13.7. The fraction of sp³-hybridized carbons (Fsp3) is 0.467. The molecule has 0 spiro atoms. The summed E-state index contributed by atoms with van der Waals surface area (Å²) in [5.74, 6) is -1.46. The quantitative estimate of drug-likeness (QED) is 0.869. The number of benzene rings is 1. The SMILES string of the molecule is O=C(NCC1CCC(C(=O)O)CC1)c1ccc(Br)c(F)c1. The number of halogens is 2. The summed E-state index contributed by atoms with van der Waals surface area (Å²) in [6, 6.07) is 4.26. The van der Waals surface area contributed by atoms with Gasteiger partial charge in [-0.1, -0.05) is 0 Å². The zero-order valence-electron chi connectivity index (χ0n) is 11.4. The van der Waals surface area contributed by atoms with Gasteiger partial charge in [-0.3, -0.25) is 9.59 Å². The second-order valence-corrected chi connectivity index (χ2v) is 6.25. The van der Waals surface area contributed by atoms with Crippen LogP contribution in [0, 0.1) is 17.7 Å². The van der Waals surface area contributed by atoms with Gasteiger partial charge in [0.05, 0.1) is 10.4 Å². The van der Waals surface area contributed by atoms with Crippen LogP contribution in [0.2, 0.25) is 0 Å². The van der Waals surface area contributed by atoms with Crippen LogP contribution in [0.15, 0.2) is 22.7 Å². The van der Waals surface area contributed by atoms with Gasteiger partial charge in [0.1, 0.15) is 5.82 Å². The molecule has 1 aliphatic rings. The molecule has 1 amide bonds. The second-order valence-electron chi connectivity index (χ2n) is 5.39. The molecule has 1 aliphatic carbocycles. The van der Waals surface area contributed by atoms with Gasteiger partial charge in [-0.15, -0.1) is 0 Å². The lowest BCUT2D eigenvalue weighted by Crippen LogP contribution is -2.32. The van der Waals surface area contributed by atoms with Gasteiger partial charge in [-0.25, -0.2) is 4.39 Å². The Morgan fingerprint density at radius 1 is 1.29 bits per heavy atom. The molecule has 1 aromatic carbocycles. The molecule has 6 heteroatoms. The van der Waals surface area contributed by atoms with E-state index in [-0.39, 0.29) is 17.4 Å². The second kappa shape index (κ2) is 7.02. The highest BCUT2D eigenvalue weighted by molar-refractivity contribution is 9.10. The summed E-state index contributed by atoms with van der Waals surface area (Å²) in [4.78, 5) is 22.8. The summed E-state index contributed by atoms with van der Waals surface area (Å²) >= 11 is 3.04. The molecular weight excluding hydrogens is 341 g/mol. The lowest BCUT2D eigenvalue weighted by Gasteiger charge is -2.26. The minimum Gasteiger partial charge on any atom is -0.481 e. The number of hydrogen-bond acceptors (Lipinski definition) is 2. The number of amides is 1. The van der Waals surface area contributed by atoms with Crippen molar-refractivity contribution in [3.05, 3.63) is 34.1 Å². The van der Waals surface area contributed by atoms with Crippen LogP contribution in [0.3, 0.4) is 0 Å². The highest BCUT2D eigenvalue weighted by atomic mass is 79.9. The number of carboxylic acid groups (broad SMARTS) is 1. The molecule has 0 bridgehead atoms. The third-order valence-corrected chi connectivity index (χ3v) is 4.57.